The molecule has 0 saturated heterocycles. The Hall–Kier alpha value is -2.91. The van der Waals surface area contributed by atoms with Crippen LogP contribution in [0.15, 0.2) is 47.4 Å². The zero-order valence-electron chi connectivity index (χ0n) is 19.2. The molecule has 3 N–H and O–H groups in total. The number of nitrogens with one attached hydrogen (secondary N) is 3. The van der Waals surface area contributed by atoms with Crippen molar-refractivity contribution < 1.29 is 22.7 Å². The van der Waals surface area contributed by atoms with E-state index in [-0.39, 0.29) is 23.3 Å². The minimum absolute atomic E-state index is 0.0716. The number of amides is 2. The Kier molecular flexibility index (Phi) is 8.10. The van der Waals surface area contributed by atoms with Gasteiger partial charge in [-0.05, 0) is 67.1 Å². The molecule has 1 atom stereocenters. The standard InChI is InChI=1S/C24H31N3O5S/c1-4-32-19-10-8-17(9-11-19)15-25-24(29)23(16(2)3)27-33(30,31)20-12-13-21-18(14-20)6-5-7-22(28)26-21/h8-14,16,23,27H,4-7,15H2,1-3H3,(H,25,29)(H,26,28)/t23-/m1/s1. The number of ether oxygens (including phenoxy) is 1. The fourth-order valence-corrected chi connectivity index (χ4v) is 5.01. The maximum Gasteiger partial charge on any atom is 0.241 e. The van der Waals surface area contributed by atoms with Gasteiger partial charge in [0.2, 0.25) is 21.8 Å². The molecule has 0 unspecified atom stereocenters. The quantitative estimate of drug-likeness (QED) is 0.518. The van der Waals surface area contributed by atoms with Crippen molar-refractivity contribution in [1.82, 2.24) is 10.0 Å². The Morgan fingerprint density at radius 3 is 2.52 bits per heavy atom. The van der Waals surface area contributed by atoms with Gasteiger partial charge in [-0.2, -0.15) is 4.72 Å². The highest BCUT2D eigenvalue weighted by atomic mass is 32.2. The minimum atomic E-state index is -3.94. The van der Waals surface area contributed by atoms with Crippen molar-refractivity contribution in [3.8, 4) is 5.75 Å². The lowest BCUT2D eigenvalue weighted by atomic mass is 10.0. The van der Waals surface area contributed by atoms with Gasteiger partial charge in [-0.15, -0.1) is 0 Å². The van der Waals surface area contributed by atoms with Gasteiger partial charge in [-0.3, -0.25) is 9.59 Å². The smallest absolute Gasteiger partial charge is 0.241 e. The molecule has 0 bridgehead atoms. The molecule has 1 heterocycles. The number of hydrogen-bond acceptors (Lipinski definition) is 5. The summed E-state index contributed by atoms with van der Waals surface area (Å²) in [5.74, 6) is 0.0111. The van der Waals surface area contributed by atoms with Crippen LogP contribution in [0.3, 0.4) is 0 Å². The van der Waals surface area contributed by atoms with Crippen LogP contribution in [0.4, 0.5) is 5.69 Å². The van der Waals surface area contributed by atoms with Gasteiger partial charge in [0, 0.05) is 18.7 Å². The van der Waals surface area contributed by atoms with Gasteiger partial charge in [0.15, 0.2) is 0 Å². The molecule has 2 amide bonds. The molecular formula is C24H31N3O5S. The predicted octanol–water partition coefficient (Wildman–Crippen LogP) is 2.98. The van der Waals surface area contributed by atoms with Crippen molar-refractivity contribution in [1.29, 1.82) is 0 Å². The Morgan fingerprint density at radius 2 is 1.85 bits per heavy atom. The van der Waals surface area contributed by atoms with Gasteiger partial charge < -0.3 is 15.4 Å². The molecule has 178 valence electrons. The summed E-state index contributed by atoms with van der Waals surface area (Å²) in [4.78, 5) is 24.7. The molecule has 0 aliphatic carbocycles. The number of rotatable bonds is 9. The van der Waals surface area contributed by atoms with Gasteiger partial charge in [0.05, 0.1) is 11.5 Å². The first kappa shape index (κ1) is 24.7. The van der Waals surface area contributed by atoms with Crippen LogP contribution in [0.1, 0.15) is 44.7 Å². The molecule has 0 spiro atoms. The molecule has 8 nitrogen and oxygen atoms in total. The van der Waals surface area contributed by atoms with Gasteiger partial charge in [0.25, 0.3) is 0 Å². The summed E-state index contributed by atoms with van der Waals surface area (Å²) in [5, 5.41) is 5.61. The highest BCUT2D eigenvalue weighted by Crippen LogP contribution is 2.25. The lowest BCUT2D eigenvalue weighted by Gasteiger charge is -2.22. The number of aryl methyl sites for hydroxylation is 1. The third kappa shape index (κ3) is 6.55. The lowest BCUT2D eigenvalue weighted by Crippen LogP contribution is -2.49. The van der Waals surface area contributed by atoms with E-state index in [1.54, 1.807) is 26.0 Å². The van der Waals surface area contributed by atoms with E-state index in [1.165, 1.54) is 6.07 Å². The number of benzene rings is 2. The molecule has 0 fully saturated rings. The molecule has 3 rings (SSSR count). The summed E-state index contributed by atoms with van der Waals surface area (Å²) in [6.07, 6.45) is 1.66. The topological polar surface area (TPSA) is 114 Å². The first-order chi connectivity index (χ1) is 15.7. The van der Waals surface area contributed by atoms with E-state index in [2.05, 4.69) is 15.4 Å². The van der Waals surface area contributed by atoms with E-state index in [1.807, 2.05) is 31.2 Å². The Morgan fingerprint density at radius 1 is 1.12 bits per heavy atom. The molecule has 9 heteroatoms. The summed E-state index contributed by atoms with van der Waals surface area (Å²) >= 11 is 0. The second kappa shape index (κ2) is 10.8. The molecule has 2 aromatic carbocycles. The van der Waals surface area contributed by atoms with Crippen LogP contribution in [-0.2, 0) is 32.6 Å². The molecule has 1 aliphatic rings. The highest BCUT2D eigenvalue weighted by molar-refractivity contribution is 7.89. The van der Waals surface area contributed by atoms with Crippen LogP contribution in [0.5, 0.6) is 5.75 Å². The fraction of sp³-hybridized carbons (Fsp3) is 0.417. The van der Waals surface area contributed by atoms with Crippen LogP contribution in [0.25, 0.3) is 0 Å². The van der Waals surface area contributed by atoms with Crippen LogP contribution in [-0.4, -0.2) is 32.9 Å². The number of fused-ring (bicyclic) bond motifs is 1. The highest BCUT2D eigenvalue weighted by Gasteiger charge is 2.29. The first-order valence-corrected chi connectivity index (χ1v) is 12.6. The van der Waals surface area contributed by atoms with Crippen LogP contribution in [0, 0.1) is 5.92 Å². The van der Waals surface area contributed by atoms with E-state index >= 15 is 0 Å². The number of hydrogen-bond donors (Lipinski definition) is 3. The number of carbonyl (C=O) groups is 2. The molecule has 0 radical (unpaired) electrons. The average Bonchev–Trinajstić information content (AvgIpc) is 2.96. The largest absolute Gasteiger partial charge is 0.494 e. The lowest BCUT2D eigenvalue weighted by molar-refractivity contribution is -0.123. The van der Waals surface area contributed by atoms with Crippen molar-refractivity contribution in [2.75, 3.05) is 11.9 Å². The van der Waals surface area contributed by atoms with Crippen molar-refractivity contribution in [3.63, 3.8) is 0 Å². The molecule has 2 aromatic rings. The fourth-order valence-electron chi connectivity index (χ4n) is 3.61. The Bertz CT molecular complexity index is 1100. The van der Waals surface area contributed by atoms with Gasteiger partial charge in [-0.25, -0.2) is 8.42 Å². The van der Waals surface area contributed by atoms with Gasteiger partial charge in [-0.1, -0.05) is 26.0 Å². The zero-order valence-corrected chi connectivity index (χ0v) is 20.0. The number of carbonyl (C=O) groups excluding carboxylic acids is 2. The van der Waals surface area contributed by atoms with Gasteiger partial charge in [0.1, 0.15) is 11.8 Å². The normalized spacial score (nSPS) is 14.7. The van der Waals surface area contributed by atoms with E-state index < -0.39 is 22.0 Å². The van der Waals surface area contributed by atoms with Crippen molar-refractivity contribution in [2.45, 2.75) is 57.5 Å². The summed E-state index contributed by atoms with van der Waals surface area (Å²) in [5.41, 5.74) is 2.28. The van der Waals surface area contributed by atoms with Crippen LogP contribution in [0.2, 0.25) is 0 Å². The second-order valence-electron chi connectivity index (χ2n) is 8.36. The molecule has 0 saturated carbocycles. The summed E-state index contributed by atoms with van der Waals surface area (Å²) in [7, 11) is -3.94. The molecule has 33 heavy (non-hydrogen) atoms. The van der Waals surface area contributed by atoms with Crippen molar-refractivity contribution in [3.05, 3.63) is 53.6 Å². The Balaban J connectivity index is 1.69. The molecule has 0 aromatic heterocycles. The predicted molar refractivity (Wildman–Crippen MR) is 126 cm³/mol. The SMILES string of the molecule is CCOc1ccc(CNC(=O)[C@H](NS(=O)(=O)c2ccc3c(c2)CCCC(=O)N3)C(C)C)cc1. The zero-order chi connectivity index (χ0) is 24.0. The van der Waals surface area contributed by atoms with Gasteiger partial charge >= 0.3 is 0 Å². The van der Waals surface area contributed by atoms with Crippen LogP contribution >= 0.6 is 0 Å². The third-order valence-corrected chi connectivity index (χ3v) is 6.88. The van der Waals surface area contributed by atoms with Crippen molar-refractivity contribution >= 4 is 27.5 Å². The third-order valence-electron chi connectivity index (χ3n) is 5.44. The second-order valence-corrected chi connectivity index (χ2v) is 10.1. The minimum Gasteiger partial charge on any atom is -0.494 e. The van der Waals surface area contributed by atoms with E-state index in [4.69, 9.17) is 4.74 Å². The first-order valence-electron chi connectivity index (χ1n) is 11.1. The maximum atomic E-state index is 13.1. The Labute approximate surface area is 195 Å². The summed E-state index contributed by atoms with van der Waals surface area (Å²) in [6, 6.07) is 11.0. The van der Waals surface area contributed by atoms with Crippen LogP contribution < -0.4 is 20.1 Å². The van der Waals surface area contributed by atoms with E-state index in [0.29, 0.717) is 31.6 Å². The van der Waals surface area contributed by atoms with E-state index in [0.717, 1.165) is 16.9 Å². The summed E-state index contributed by atoms with van der Waals surface area (Å²) < 4.78 is 34.1. The van der Waals surface area contributed by atoms with Crippen molar-refractivity contribution in [2.24, 2.45) is 5.92 Å². The number of anilines is 1. The maximum absolute atomic E-state index is 13.1. The number of sulfonamides is 1. The van der Waals surface area contributed by atoms with E-state index in [9.17, 15) is 18.0 Å². The monoisotopic (exact) mass is 473 g/mol. The molecule has 1 aliphatic heterocycles. The average molecular weight is 474 g/mol. The molecular weight excluding hydrogens is 442 g/mol. The summed E-state index contributed by atoms with van der Waals surface area (Å²) in [6.45, 7) is 6.33.